The van der Waals surface area contributed by atoms with Crippen LogP contribution in [0.3, 0.4) is 0 Å². The number of carboxylic acid groups (broad SMARTS) is 1. The predicted molar refractivity (Wildman–Crippen MR) is 81.3 cm³/mol. The number of carbonyl (C=O) groups is 1. The van der Waals surface area contributed by atoms with Crippen LogP contribution >= 0.6 is 11.6 Å². The minimum atomic E-state index is -1.29. The summed E-state index contributed by atoms with van der Waals surface area (Å²) in [6, 6.07) is 8.33. The van der Waals surface area contributed by atoms with Gasteiger partial charge in [0, 0.05) is 17.2 Å². The lowest BCUT2D eigenvalue weighted by Crippen LogP contribution is -2.04. The van der Waals surface area contributed by atoms with Gasteiger partial charge < -0.3 is 15.2 Å². The smallest absolute Gasteiger partial charge is 0.338 e. The van der Waals surface area contributed by atoms with Crippen LogP contribution in [-0.4, -0.2) is 23.1 Å². The second-order valence-electron chi connectivity index (χ2n) is 4.26. The number of ether oxygens (including phenoxy) is 1. The van der Waals surface area contributed by atoms with Gasteiger partial charge in [-0.1, -0.05) is 11.6 Å². The number of benzene rings is 2. The molecule has 0 radical (unpaired) electrons. The fraction of sp³-hybridized carbons (Fsp3) is 0.0714. The molecule has 0 aliphatic carbocycles. The van der Waals surface area contributed by atoms with Gasteiger partial charge in [-0.05, 0) is 24.3 Å². The van der Waals surface area contributed by atoms with E-state index < -0.39 is 10.9 Å². The standard InChI is InChI=1S/C14H11ClN2O5/c1-22-13-5-2-8(15)6-12(13)16-11-4-3-9(17(20)21)7-10(11)14(18)19/h2-7,16H,1H3,(H,18,19). The van der Waals surface area contributed by atoms with E-state index in [1.807, 2.05) is 0 Å². The van der Waals surface area contributed by atoms with Gasteiger partial charge in [0.15, 0.2) is 0 Å². The third kappa shape index (κ3) is 3.26. The fourth-order valence-electron chi connectivity index (χ4n) is 1.85. The molecule has 0 bridgehead atoms. The number of methoxy groups -OCH3 is 1. The lowest BCUT2D eigenvalue weighted by Gasteiger charge is -2.13. The van der Waals surface area contributed by atoms with Gasteiger partial charge in [0.1, 0.15) is 5.75 Å². The van der Waals surface area contributed by atoms with Gasteiger partial charge in [-0.2, -0.15) is 0 Å². The number of hydrogen-bond donors (Lipinski definition) is 2. The zero-order valence-corrected chi connectivity index (χ0v) is 12.1. The number of nitrogens with one attached hydrogen (secondary N) is 1. The molecule has 7 nitrogen and oxygen atoms in total. The highest BCUT2D eigenvalue weighted by Crippen LogP contribution is 2.32. The highest BCUT2D eigenvalue weighted by Gasteiger charge is 2.17. The highest BCUT2D eigenvalue weighted by molar-refractivity contribution is 6.31. The molecule has 2 aromatic rings. The van der Waals surface area contributed by atoms with Crippen molar-refractivity contribution >= 4 is 34.6 Å². The van der Waals surface area contributed by atoms with Crippen LogP contribution in [0.25, 0.3) is 0 Å². The Morgan fingerprint density at radius 3 is 2.59 bits per heavy atom. The van der Waals surface area contributed by atoms with Crippen molar-refractivity contribution in [1.82, 2.24) is 0 Å². The van der Waals surface area contributed by atoms with Crippen LogP contribution in [0.15, 0.2) is 36.4 Å². The van der Waals surface area contributed by atoms with E-state index in [-0.39, 0.29) is 16.9 Å². The molecule has 0 heterocycles. The Balaban J connectivity index is 2.47. The molecule has 2 rings (SSSR count). The number of rotatable bonds is 5. The van der Waals surface area contributed by atoms with Crippen molar-refractivity contribution < 1.29 is 19.6 Å². The summed E-state index contributed by atoms with van der Waals surface area (Å²) in [5.41, 5.74) is 0.113. The molecule has 0 unspecified atom stereocenters. The Hall–Kier alpha value is -2.80. The van der Waals surface area contributed by atoms with Crippen molar-refractivity contribution in [2.45, 2.75) is 0 Å². The number of non-ortho nitro benzene ring substituents is 1. The monoisotopic (exact) mass is 322 g/mol. The second-order valence-corrected chi connectivity index (χ2v) is 4.70. The zero-order chi connectivity index (χ0) is 16.3. The number of carboxylic acids is 1. The van der Waals surface area contributed by atoms with Gasteiger partial charge in [0.2, 0.25) is 0 Å². The summed E-state index contributed by atoms with van der Waals surface area (Å²) in [5, 5.41) is 23.3. The molecular weight excluding hydrogens is 312 g/mol. The number of nitro groups is 1. The summed E-state index contributed by atoms with van der Waals surface area (Å²) in [7, 11) is 1.46. The molecule has 0 aliphatic rings. The Labute approximate surface area is 130 Å². The van der Waals surface area contributed by atoms with Gasteiger partial charge in [-0.3, -0.25) is 10.1 Å². The van der Waals surface area contributed by atoms with Crippen LogP contribution in [-0.2, 0) is 0 Å². The largest absolute Gasteiger partial charge is 0.495 e. The fourth-order valence-corrected chi connectivity index (χ4v) is 2.03. The second kappa shape index (κ2) is 6.31. The number of nitrogens with zero attached hydrogens (tertiary/aromatic N) is 1. The van der Waals surface area contributed by atoms with E-state index in [0.29, 0.717) is 16.5 Å². The Morgan fingerprint density at radius 1 is 1.27 bits per heavy atom. The maximum Gasteiger partial charge on any atom is 0.338 e. The molecule has 0 amide bonds. The maximum atomic E-state index is 11.3. The molecule has 114 valence electrons. The van der Waals surface area contributed by atoms with Crippen molar-refractivity contribution in [3.63, 3.8) is 0 Å². The van der Waals surface area contributed by atoms with Crippen LogP contribution in [0, 0.1) is 10.1 Å². The molecule has 22 heavy (non-hydrogen) atoms. The topological polar surface area (TPSA) is 102 Å². The first-order chi connectivity index (χ1) is 10.4. The van der Waals surface area contributed by atoms with Crippen molar-refractivity contribution in [2.24, 2.45) is 0 Å². The Kier molecular flexibility index (Phi) is 4.47. The van der Waals surface area contributed by atoms with Crippen LogP contribution < -0.4 is 10.1 Å². The van der Waals surface area contributed by atoms with E-state index >= 15 is 0 Å². The van der Waals surface area contributed by atoms with E-state index in [1.54, 1.807) is 18.2 Å². The lowest BCUT2D eigenvalue weighted by atomic mass is 10.1. The van der Waals surface area contributed by atoms with Crippen LogP contribution in [0.2, 0.25) is 5.02 Å². The molecule has 0 atom stereocenters. The molecule has 0 spiro atoms. The molecule has 2 N–H and O–H groups in total. The van der Waals surface area contributed by atoms with E-state index in [4.69, 9.17) is 16.3 Å². The first kappa shape index (κ1) is 15.6. The number of nitro benzene ring substituents is 1. The third-order valence-electron chi connectivity index (χ3n) is 2.88. The molecule has 0 saturated carbocycles. The average molecular weight is 323 g/mol. The predicted octanol–water partition coefficient (Wildman–Crippen LogP) is 3.70. The molecule has 0 aliphatic heterocycles. The number of hydrogen-bond acceptors (Lipinski definition) is 5. The summed E-state index contributed by atoms with van der Waals surface area (Å²) in [6.45, 7) is 0. The molecule has 0 saturated heterocycles. The summed E-state index contributed by atoms with van der Waals surface area (Å²) in [5.74, 6) is -0.828. The Bertz CT molecular complexity index is 748. The van der Waals surface area contributed by atoms with Crippen LogP contribution in [0.4, 0.5) is 17.1 Å². The normalized spacial score (nSPS) is 10.1. The molecule has 8 heteroatoms. The van der Waals surface area contributed by atoms with E-state index in [0.717, 1.165) is 6.07 Å². The van der Waals surface area contributed by atoms with Crippen molar-refractivity contribution in [2.75, 3.05) is 12.4 Å². The van der Waals surface area contributed by atoms with Gasteiger partial charge >= 0.3 is 5.97 Å². The van der Waals surface area contributed by atoms with E-state index in [1.165, 1.54) is 19.2 Å². The zero-order valence-electron chi connectivity index (χ0n) is 11.4. The Morgan fingerprint density at radius 2 is 2.00 bits per heavy atom. The minimum absolute atomic E-state index is 0.193. The molecular formula is C14H11ClN2O5. The summed E-state index contributed by atoms with van der Waals surface area (Å²) in [6.07, 6.45) is 0. The van der Waals surface area contributed by atoms with Crippen LogP contribution in [0.5, 0.6) is 5.75 Å². The van der Waals surface area contributed by atoms with Gasteiger partial charge in [0.05, 0.1) is 29.0 Å². The first-order valence-electron chi connectivity index (χ1n) is 6.04. The SMILES string of the molecule is COc1ccc(Cl)cc1Nc1ccc([N+](=O)[O-])cc1C(=O)O. The molecule has 0 fully saturated rings. The van der Waals surface area contributed by atoms with E-state index in [2.05, 4.69) is 5.32 Å². The quantitative estimate of drug-likeness (QED) is 0.643. The summed E-state index contributed by atoms with van der Waals surface area (Å²) >= 11 is 5.91. The van der Waals surface area contributed by atoms with E-state index in [9.17, 15) is 20.0 Å². The molecule has 2 aromatic carbocycles. The lowest BCUT2D eigenvalue weighted by molar-refractivity contribution is -0.384. The van der Waals surface area contributed by atoms with Gasteiger partial charge in [-0.25, -0.2) is 4.79 Å². The number of anilines is 2. The number of aromatic carboxylic acids is 1. The van der Waals surface area contributed by atoms with Gasteiger partial charge in [0.25, 0.3) is 5.69 Å². The highest BCUT2D eigenvalue weighted by atomic mass is 35.5. The minimum Gasteiger partial charge on any atom is -0.495 e. The van der Waals surface area contributed by atoms with Gasteiger partial charge in [-0.15, -0.1) is 0 Å². The van der Waals surface area contributed by atoms with Crippen molar-refractivity contribution in [3.05, 3.63) is 57.1 Å². The molecule has 0 aromatic heterocycles. The summed E-state index contributed by atoms with van der Waals surface area (Å²) < 4.78 is 5.16. The van der Waals surface area contributed by atoms with Crippen LogP contribution in [0.1, 0.15) is 10.4 Å². The maximum absolute atomic E-state index is 11.3. The first-order valence-corrected chi connectivity index (χ1v) is 6.42. The van der Waals surface area contributed by atoms with Crippen molar-refractivity contribution in [1.29, 1.82) is 0 Å². The number of halogens is 1. The summed E-state index contributed by atoms with van der Waals surface area (Å²) in [4.78, 5) is 21.4. The average Bonchev–Trinajstić information content (AvgIpc) is 2.47. The van der Waals surface area contributed by atoms with Crippen molar-refractivity contribution in [3.8, 4) is 5.75 Å². The third-order valence-corrected chi connectivity index (χ3v) is 3.11.